The number of nitriles is 2. The Morgan fingerprint density at radius 1 is 1.13 bits per heavy atom. The third-order valence-electron chi connectivity index (χ3n) is 6.69. The van der Waals surface area contributed by atoms with Crippen molar-refractivity contribution in [2.45, 2.75) is 32.3 Å². The van der Waals surface area contributed by atoms with E-state index >= 15 is 0 Å². The number of amides is 1. The van der Waals surface area contributed by atoms with Gasteiger partial charge in [-0.3, -0.25) is 4.79 Å². The van der Waals surface area contributed by atoms with Gasteiger partial charge in [-0.05, 0) is 93.9 Å². The number of nitrogens with one attached hydrogen (secondary N) is 1. The molecule has 1 aliphatic carbocycles. The molecule has 0 aliphatic heterocycles. The maximum absolute atomic E-state index is 13.0. The lowest BCUT2D eigenvalue weighted by Gasteiger charge is -2.15. The van der Waals surface area contributed by atoms with Crippen LogP contribution in [0.2, 0.25) is 0 Å². The zero-order valence-corrected chi connectivity index (χ0v) is 24.2. The Hall–Kier alpha value is -3.86. The molecule has 1 aliphatic rings. The van der Waals surface area contributed by atoms with Crippen LogP contribution in [0.1, 0.15) is 40.0 Å². The molecule has 0 saturated carbocycles. The number of hydrogen-bond acceptors (Lipinski definition) is 6. The van der Waals surface area contributed by atoms with Crippen molar-refractivity contribution in [2.24, 2.45) is 0 Å². The van der Waals surface area contributed by atoms with Gasteiger partial charge in [-0.2, -0.15) is 10.5 Å². The number of anilines is 1. The largest absolute Gasteiger partial charge is 0.493 e. The number of fused-ring (bicyclic) bond motifs is 2. The van der Waals surface area contributed by atoms with Gasteiger partial charge in [0.15, 0.2) is 11.5 Å². The van der Waals surface area contributed by atoms with Gasteiger partial charge in [0, 0.05) is 4.88 Å². The predicted molar refractivity (Wildman–Crippen MR) is 162 cm³/mol. The van der Waals surface area contributed by atoms with Gasteiger partial charge >= 0.3 is 0 Å². The summed E-state index contributed by atoms with van der Waals surface area (Å²) in [4.78, 5) is 14.2. The van der Waals surface area contributed by atoms with Crippen molar-refractivity contribution in [3.8, 4) is 23.6 Å². The molecule has 4 aromatic rings. The number of carbonyl (C=O) groups excluding carboxylic acids is 1. The molecule has 1 N–H and O–H groups in total. The number of aryl methyl sites for hydroxylation is 1. The fourth-order valence-corrected chi connectivity index (χ4v) is 6.81. The molecule has 194 valence electrons. The Bertz CT molecular complexity index is 1690. The summed E-state index contributed by atoms with van der Waals surface area (Å²) in [5.41, 5.74) is 3.18. The number of halogens is 1. The summed E-state index contributed by atoms with van der Waals surface area (Å²) in [5.74, 6) is 0.551. The highest BCUT2D eigenvalue weighted by molar-refractivity contribution is 14.1. The third kappa shape index (κ3) is 5.63. The van der Waals surface area contributed by atoms with E-state index in [4.69, 9.17) is 9.47 Å². The van der Waals surface area contributed by atoms with Crippen LogP contribution >= 0.6 is 33.9 Å². The Morgan fingerprint density at radius 2 is 1.92 bits per heavy atom. The van der Waals surface area contributed by atoms with E-state index < -0.39 is 5.91 Å². The van der Waals surface area contributed by atoms with Gasteiger partial charge in [0.1, 0.15) is 29.3 Å². The van der Waals surface area contributed by atoms with Crippen LogP contribution in [0.5, 0.6) is 11.5 Å². The molecule has 0 spiro atoms. The molecule has 6 nitrogen and oxygen atoms in total. The molecule has 1 amide bonds. The lowest BCUT2D eigenvalue weighted by Crippen LogP contribution is -2.13. The third-order valence-corrected chi connectivity index (χ3v) is 8.70. The molecule has 0 bridgehead atoms. The second-order valence-electron chi connectivity index (χ2n) is 9.11. The van der Waals surface area contributed by atoms with Gasteiger partial charge in [-0.1, -0.05) is 42.5 Å². The van der Waals surface area contributed by atoms with Crippen molar-refractivity contribution in [2.75, 3.05) is 12.4 Å². The van der Waals surface area contributed by atoms with E-state index in [1.807, 2.05) is 36.4 Å². The first kappa shape index (κ1) is 26.7. The summed E-state index contributed by atoms with van der Waals surface area (Å²) in [6, 6.07) is 22.1. The molecule has 5 rings (SSSR count). The zero-order chi connectivity index (χ0) is 27.4. The molecular weight excluding hydrogens is 621 g/mol. The fourth-order valence-electron chi connectivity index (χ4n) is 4.79. The number of ether oxygens (including phenoxy) is 2. The first-order valence-corrected chi connectivity index (χ1v) is 14.4. The number of nitrogens with zero attached hydrogens (tertiary/aromatic N) is 2. The van der Waals surface area contributed by atoms with Crippen LogP contribution in [0.15, 0.2) is 60.2 Å². The predicted octanol–water partition coefficient (Wildman–Crippen LogP) is 7.39. The van der Waals surface area contributed by atoms with Gasteiger partial charge in [-0.25, -0.2) is 0 Å². The summed E-state index contributed by atoms with van der Waals surface area (Å²) in [6.07, 6.45) is 5.40. The lowest BCUT2D eigenvalue weighted by molar-refractivity contribution is -0.112. The molecule has 0 atom stereocenters. The standard InChI is InChI=1S/C31H24IN3O3S/c1-37-27-15-19(14-26(32)29(27)38-18-21-9-6-8-20-7-2-3-10-23(20)21)13-22(16-33)30(36)35-31-25(17-34)24-11-4-5-12-28(24)39-31/h2-3,6-10,13-15H,4-5,11-12,18H2,1H3,(H,35,36)/b22-13+. The van der Waals surface area contributed by atoms with Gasteiger partial charge in [0.05, 0.1) is 16.2 Å². The van der Waals surface area contributed by atoms with E-state index in [1.165, 1.54) is 17.4 Å². The molecular formula is C31H24IN3O3S. The van der Waals surface area contributed by atoms with E-state index in [2.05, 4.69) is 52.2 Å². The molecule has 1 heterocycles. The highest BCUT2D eigenvalue weighted by Gasteiger charge is 2.23. The van der Waals surface area contributed by atoms with Crippen LogP contribution in [-0.4, -0.2) is 13.0 Å². The average Bonchev–Trinajstić information content (AvgIpc) is 3.31. The number of hydrogen-bond donors (Lipinski definition) is 1. The minimum atomic E-state index is -0.544. The molecule has 0 saturated heterocycles. The fraction of sp³-hybridized carbons (Fsp3) is 0.194. The van der Waals surface area contributed by atoms with E-state index in [-0.39, 0.29) is 5.57 Å². The highest BCUT2D eigenvalue weighted by atomic mass is 127. The number of methoxy groups -OCH3 is 1. The van der Waals surface area contributed by atoms with E-state index in [0.717, 1.165) is 56.0 Å². The maximum Gasteiger partial charge on any atom is 0.266 e. The van der Waals surface area contributed by atoms with E-state index in [1.54, 1.807) is 13.2 Å². The van der Waals surface area contributed by atoms with Crippen molar-refractivity contribution >= 4 is 61.7 Å². The quantitative estimate of drug-likeness (QED) is 0.129. The van der Waals surface area contributed by atoms with Gasteiger partial charge < -0.3 is 14.8 Å². The minimum Gasteiger partial charge on any atom is -0.493 e. The number of rotatable bonds is 7. The second kappa shape index (κ2) is 11.9. The Kier molecular flexibility index (Phi) is 8.16. The van der Waals surface area contributed by atoms with Crippen molar-refractivity contribution in [3.63, 3.8) is 0 Å². The number of thiophene rings is 1. The average molecular weight is 646 g/mol. The normalized spacial score (nSPS) is 12.8. The summed E-state index contributed by atoms with van der Waals surface area (Å²) >= 11 is 3.60. The van der Waals surface area contributed by atoms with Crippen LogP contribution in [0.3, 0.4) is 0 Å². The Balaban J connectivity index is 1.38. The minimum absolute atomic E-state index is 0.0625. The van der Waals surface area contributed by atoms with Crippen molar-refractivity contribution < 1.29 is 14.3 Å². The molecule has 0 radical (unpaired) electrons. The summed E-state index contributed by atoms with van der Waals surface area (Å²) in [7, 11) is 1.56. The topological polar surface area (TPSA) is 95.1 Å². The summed E-state index contributed by atoms with van der Waals surface area (Å²) < 4.78 is 12.6. The lowest BCUT2D eigenvalue weighted by atomic mass is 9.96. The van der Waals surface area contributed by atoms with Crippen molar-refractivity contribution in [1.82, 2.24) is 0 Å². The summed E-state index contributed by atoms with van der Waals surface area (Å²) in [6.45, 7) is 0.362. The van der Waals surface area contributed by atoms with Gasteiger partial charge in [0.25, 0.3) is 5.91 Å². The van der Waals surface area contributed by atoms with Crippen LogP contribution in [0.25, 0.3) is 16.8 Å². The Labute approximate surface area is 244 Å². The summed E-state index contributed by atoms with van der Waals surface area (Å²) in [5, 5.41) is 25.1. The maximum atomic E-state index is 13.0. The SMILES string of the molecule is COc1cc(/C=C(\C#N)C(=O)Nc2sc3c(c2C#N)CCCC3)cc(I)c1OCc1cccc2ccccc12. The smallest absolute Gasteiger partial charge is 0.266 e. The van der Waals surface area contributed by atoms with Crippen molar-refractivity contribution in [3.05, 3.63) is 90.9 Å². The van der Waals surface area contributed by atoms with Gasteiger partial charge in [0.2, 0.25) is 0 Å². The molecule has 39 heavy (non-hydrogen) atoms. The molecule has 0 fully saturated rings. The highest BCUT2D eigenvalue weighted by Crippen LogP contribution is 2.38. The first-order chi connectivity index (χ1) is 19.0. The number of carbonyl (C=O) groups is 1. The second-order valence-corrected chi connectivity index (χ2v) is 11.4. The monoisotopic (exact) mass is 645 g/mol. The Morgan fingerprint density at radius 3 is 2.72 bits per heavy atom. The molecule has 8 heteroatoms. The number of benzene rings is 3. The first-order valence-electron chi connectivity index (χ1n) is 12.5. The van der Waals surface area contributed by atoms with E-state index in [0.29, 0.717) is 34.2 Å². The molecule has 1 aromatic heterocycles. The van der Waals surface area contributed by atoms with Crippen LogP contribution < -0.4 is 14.8 Å². The van der Waals surface area contributed by atoms with Crippen LogP contribution in [0.4, 0.5) is 5.00 Å². The van der Waals surface area contributed by atoms with Crippen LogP contribution in [-0.2, 0) is 24.2 Å². The van der Waals surface area contributed by atoms with Crippen molar-refractivity contribution in [1.29, 1.82) is 10.5 Å². The van der Waals surface area contributed by atoms with E-state index in [9.17, 15) is 15.3 Å². The van der Waals surface area contributed by atoms with Crippen LogP contribution in [0, 0.1) is 26.2 Å². The zero-order valence-electron chi connectivity index (χ0n) is 21.2. The van der Waals surface area contributed by atoms with Gasteiger partial charge in [-0.15, -0.1) is 11.3 Å². The molecule has 3 aromatic carbocycles. The molecule has 0 unspecified atom stereocenters.